The smallest absolute Gasteiger partial charge is 0.292 e. The predicted octanol–water partition coefficient (Wildman–Crippen LogP) is 1.54. The highest BCUT2D eigenvalue weighted by molar-refractivity contribution is 5.63. The lowest BCUT2D eigenvalue weighted by atomic mass is 10.1. The number of anilines is 1. The van der Waals surface area contributed by atoms with E-state index in [-0.39, 0.29) is 12.3 Å². The molecule has 0 fully saturated rings. The van der Waals surface area contributed by atoms with E-state index in [1.54, 1.807) is 24.1 Å². The average molecular weight is 210 g/mol. The van der Waals surface area contributed by atoms with Crippen molar-refractivity contribution in [2.24, 2.45) is 0 Å². The van der Waals surface area contributed by atoms with Gasteiger partial charge in [0.15, 0.2) is 0 Å². The summed E-state index contributed by atoms with van der Waals surface area (Å²) in [6, 6.07) is 4.75. The monoisotopic (exact) mass is 210 g/mol. The fourth-order valence-corrected chi connectivity index (χ4v) is 1.31. The van der Waals surface area contributed by atoms with Crippen LogP contribution in [0.2, 0.25) is 0 Å². The second-order valence-corrected chi connectivity index (χ2v) is 3.25. The normalized spacial score (nSPS) is 10.1. The Labute approximate surface area is 88.1 Å². The maximum atomic E-state index is 10.8. The number of aliphatic hydroxyl groups is 1. The summed E-state index contributed by atoms with van der Waals surface area (Å²) in [7, 11) is 1.79. The van der Waals surface area contributed by atoms with E-state index in [1.807, 2.05) is 6.92 Å². The van der Waals surface area contributed by atoms with E-state index in [0.717, 1.165) is 0 Å². The van der Waals surface area contributed by atoms with E-state index < -0.39 is 4.92 Å². The molecule has 1 rings (SSSR count). The Kier molecular flexibility index (Phi) is 3.62. The van der Waals surface area contributed by atoms with E-state index in [9.17, 15) is 10.1 Å². The largest absolute Gasteiger partial charge is 0.392 e. The van der Waals surface area contributed by atoms with Gasteiger partial charge in [0.2, 0.25) is 0 Å². The second kappa shape index (κ2) is 4.75. The number of benzene rings is 1. The molecule has 0 spiro atoms. The first kappa shape index (κ1) is 11.5. The van der Waals surface area contributed by atoms with Crippen LogP contribution >= 0.6 is 0 Å². The fraction of sp³-hybridized carbons (Fsp3) is 0.400. The molecule has 0 aliphatic rings. The van der Waals surface area contributed by atoms with Gasteiger partial charge in [0.05, 0.1) is 11.5 Å². The van der Waals surface area contributed by atoms with Crippen LogP contribution in [-0.2, 0) is 6.61 Å². The van der Waals surface area contributed by atoms with Gasteiger partial charge in [0, 0.05) is 19.7 Å². The van der Waals surface area contributed by atoms with Crippen molar-refractivity contribution in [2.45, 2.75) is 13.5 Å². The van der Waals surface area contributed by atoms with Crippen LogP contribution in [0.25, 0.3) is 0 Å². The molecule has 82 valence electrons. The van der Waals surface area contributed by atoms with Crippen molar-refractivity contribution < 1.29 is 10.0 Å². The minimum absolute atomic E-state index is 0.0332. The zero-order valence-corrected chi connectivity index (χ0v) is 8.80. The Morgan fingerprint density at radius 3 is 2.67 bits per heavy atom. The lowest BCUT2D eigenvalue weighted by Gasteiger charge is -2.16. The van der Waals surface area contributed by atoms with E-state index in [1.165, 1.54) is 6.07 Å². The topological polar surface area (TPSA) is 66.6 Å². The molecule has 0 saturated heterocycles. The lowest BCUT2D eigenvalue weighted by molar-refractivity contribution is -0.384. The van der Waals surface area contributed by atoms with Crippen LogP contribution in [0.15, 0.2) is 18.2 Å². The average Bonchev–Trinajstić information content (AvgIpc) is 2.27. The predicted molar refractivity (Wildman–Crippen MR) is 58.0 cm³/mol. The summed E-state index contributed by atoms with van der Waals surface area (Å²) in [5, 5.41) is 19.7. The summed E-state index contributed by atoms with van der Waals surface area (Å²) in [4.78, 5) is 12.2. The first-order valence-corrected chi connectivity index (χ1v) is 4.69. The zero-order valence-electron chi connectivity index (χ0n) is 8.80. The van der Waals surface area contributed by atoms with Gasteiger partial charge >= 0.3 is 0 Å². The van der Waals surface area contributed by atoms with Gasteiger partial charge < -0.3 is 10.0 Å². The molecule has 0 unspecified atom stereocenters. The minimum Gasteiger partial charge on any atom is -0.392 e. The Balaban J connectivity index is 3.21. The van der Waals surface area contributed by atoms with Crippen LogP contribution in [-0.4, -0.2) is 23.6 Å². The Morgan fingerprint density at radius 2 is 2.20 bits per heavy atom. The van der Waals surface area contributed by atoms with Crippen LogP contribution < -0.4 is 4.90 Å². The number of nitro benzene ring substituents is 1. The van der Waals surface area contributed by atoms with Crippen molar-refractivity contribution >= 4 is 11.4 Å². The molecule has 0 heterocycles. The van der Waals surface area contributed by atoms with Crippen LogP contribution in [0.4, 0.5) is 11.4 Å². The van der Waals surface area contributed by atoms with Crippen molar-refractivity contribution in [1.29, 1.82) is 0 Å². The van der Waals surface area contributed by atoms with Crippen LogP contribution in [0.1, 0.15) is 12.5 Å². The molecule has 1 aromatic carbocycles. The van der Waals surface area contributed by atoms with Gasteiger partial charge in [-0.15, -0.1) is 0 Å². The Hall–Kier alpha value is -1.62. The van der Waals surface area contributed by atoms with Gasteiger partial charge in [-0.1, -0.05) is 6.07 Å². The van der Waals surface area contributed by atoms with Crippen molar-refractivity contribution in [3.8, 4) is 0 Å². The van der Waals surface area contributed by atoms with Crippen LogP contribution in [0, 0.1) is 10.1 Å². The zero-order chi connectivity index (χ0) is 11.4. The number of hydrogen-bond acceptors (Lipinski definition) is 4. The quantitative estimate of drug-likeness (QED) is 0.604. The molecule has 1 N–H and O–H groups in total. The van der Waals surface area contributed by atoms with Crippen LogP contribution in [0.3, 0.4) is 0 Å². The van der Waals surface area contributed by atoms with Gasteiger partial charge in [-0.25, -0.2) is 0 Å². The van der Waals surface area contributed by atoms with Gasteiger partial charge in [-0.3, -0.25) is 10.1 Å². The molecule has 0 saturated carbocycles. The molecule has 0 radical (unpaired) electrons. The van der Waals surface area contributed by atoms with Gasteiger partial charge in [-0.2, -0.15) is 0 Å². The first-order valence-electron chi connectivity index (χ1n) is 4.69. The summed E-state index contributed by atoms with van der Waals surface area (Å²) in [5.74, 6) is 0. The first-order chi connectivity index (χ1) is 7.10. The standard InChI is InChI=1S/C10H14N2O3/c1-3-11(2)9-5-4-8(7-13)6-10(9)12(14)15/h4-6,13H,3,7H2,1-2H3. The molecule has 5 heteroatoms. The van der Waals surface area contributed by atoms with Gasteiger partial charge in [0.1, 0.15) is 5.69 Å². The molecule has 15 heavy (non-hydrogen) atoms. The second-order valence-electron chi connectivity index (χ2n) is 3.25. The van der Waals surface area contributed by atoms with Gasteiger partial charge in [0.25, 0.3) is 5.69 Å². The van der Waals surface area contributed by atoms with E-state index >= 15 is 0 Å². The third kappa shape index (κ3) is 2.44. The van der Waals surface area contributed by atoms with E-state index in [4.69, 9.17) is 5.11 Å². The molecule has 0 aliphatic carbocycles. The maximum absolute atomic E-state index is 10.8. The van der Waals surface area contributed by atoms with Crippen LogP contribution in [0.5, 0.6) is 0 Å². The van der Waals surface area contributed by atoms with Crippen molar-refractivity contribution in [1.82, 2.24) is 0 Å². The molecule has 0 aromatic heterocycles. The van der Waals surface area contributed by atoms with Crippen molar-refractivity contribution in [3.63, 3.8) is 0 Å². The third-order valence-electron chi connectivity index (χ3n) is 2.30. The maximum Gasteiger partial charge on any atom is 0.292 e. The highest BCUT2D eigenvalue weighted by Gasteiger charge is 2.16. The lowest BCUT2D eigenvalue weighted by Crippen LogP contribution is -2.17. The highest BCUT2D eigenvalue weighted by Crippen LogP contribution is 2.28. The molecule has 0 aliphatic heterocycles. The Bertz CT molecular complexity index is 366. The molecule has 0 amide bonds. The number of rotatable bonds is 4. The molecule has 0 bridgehead atoms. The molecule has 1 aromatic rings. The molecular weight excluding hydrogens is 196 g/mol. The SMILES string of the molecule is CCN(C)c1ccc(CO)cc1[N+](=O)[O-]. The van der Waals surface area contributed by atoms with E-state index in [0.29, 0.717) is 17.8 Å². The third-order valence-corrected chi connectivity index (χ3v) is 2.30. The Morgan fingerprint density at radius 1 is 1.53 bits per heavy atom. The fourth-order valence-electron chi connectivity index (χ4n) is 1.31. The van der Waals surface area contributed by atoms with Crippen molar-refractivity contribution in [2.75, 3.05) is 18.5 Å². The number of aliphatic hydroxyl groups excluding tert-OH is 1. The summed E-state index contributed by atoms with van der Waals surface area (Å²) < 4.78 is 0. The summed E-state index contributed by atoms with van der Waals surface area (Å²) >= 11 is 0. The molecular formula is C10H14N2O3. The number of nitrogens with zero attached hydrogens (tertiary/aromatic N) is 2. The van der Waals surface area contributed by atoms with Gasteiger partial charge in [-0.05, 0) is 18.6 Å². The highest BCUT2D eigenvalue weighted by atomic mass is 16.6. The molecule has 0 atom stereocenters. The number of hydrogen-bond donors (Lipinski definition) is 1. The van der Waals surface area contributed by atoms with Crippen molar-refractivity contribution in [3.05, 3.63) is 33.9 Å². The number of nitro groups is 1. The van der Waals surface area contributed by atoms with E-state index in [2.05, 4.69) is 0 Å². The summed E-state index contributed by atoms with van der Waals surface area (Å²) in [6.45, 7) is 2.43. The molecule has 5 nitrogen and oxygen atoms in total. The summed E-state index contributed by atoms with van der Waals surface area (Å²) in [6.07, 6.45) is 0. The minimum atomic E-state index is -0.430. The summed E-state index contributed by atoms with van der Waals surface area (Å²) in [5.41, 5.74) is 1.15.